The average molecular weight is 354 g/mol. The van der Waals surface area contributed by atoms with Gasteiger partial charge in [-0.05, 0) is 42.5 Å². The summed E-state index contributed by atoms with van der Waals surface area (Å²) in [6, 6.07) is 5.23. The van der Waals surface area contributed by atoms with E-state index < -0.39 is 17.7 Å². The molecule has 0 radical (unpaired) electrons. The second kappa shape index (κ2) is 6.42. The third kappa shape index (κ3) is 3.01. The van der Waals surface area contributed by atoms with Crippen molar-refractivity contribution in [3.63, 3.8) is 0 Å². The Kier molecular flexibility index (Phi) is 4.08. The Labute approximate surface area is 148 Å². The lowest BCUT2D eigenvalue weighted by molar-refractivity contribution is -0.155. The van der Waals surface area contributed by atoms with Crippen molar-refractivity contribution in [3.8, 4) is 0 Å². The fourth-order valence-electron chi connectivity index (χ4n) is 3.36. The molecule has 1 unspecified atom stereocenters. The minimum Gasteiger partial charge on any atom is -0.459 e. The van der Waals surface area contributed by atoms with E-state index in [1.807, 2.05) is 12.1 Å². The van der Waals surface area contributed by atoms with Crippen LogP contribution in [0.1, 0.15) is 34.8 Å². The minimum absolute atomic E-state index is 0.114. The molecule has 1 aromatic carbocycles. The number of carbonyl (C=O) groups is 1. The summed E-state index contributed by atoms with van der Waals surface area (Å²) >= 11 is 0. The Morgan fingerprint density at radius 1 is 1.35 bits per heavy atom. The highest BCUT2D eigenvalue weighted by Crippen LogP contribution is 2.29. The Bertz CT molecular complexity index is 1050. The molecular weight excluding hydrogens is 336 g/mol. The van der Waals surface area contributed by atoms with Gasteiger partial charge >= 0.3 is 11.6 Å². The summed E-state index contributed by atoms with van der Waals surface area (Å²) in [4.78, 5) is 24.0. The number of esters is 1. The maximum atomic E-state index is 12.1. The zero-order chi connectivity index (χ0) is 18.3. The molecule has 7 heteroatoms. The number of hydrogen-bond donors (Lipinski definition) is 1. The van der Waals surface area contributed by atoms with Crippen LogP contribution in [0.25, 0.3) is 11.0 Å². The Morgan fingerprint density at radius 3 is 2.85 bits per heavy atom. The number of aliphatic hydroxyl groups excluding tert-OH is 1. The van der Waals surface area contributed by atoms with Gasteiger partial charge in [0.2, 0.25) is 0 Å². The number of fused-ring (bicyclic) bond motifs is 2. The van der Waals surface area contributed by atoms with Crippen molar-refractivity contribution >= 4 is 16.9 Å². The van der Waals surface area contributed by atoms with Crippen LogP contribution in [0, 0.1) is 0 Å². The zero-order valence-electron chi connectivity index (χ0n) is 14.3. The van der Waals surface area contributed by atoms with E-state index in [4.69, 9.17) is 9.15 Å². The molecule has 0 aliphatic heterocycles. The van der Waals surface area contributed by atoms with Crippen molar-refractivity contribution in [2.75, 3.05) is 0 Å². The lowest BCUT2D eigenvalue weighted by atomic mass is 10.0. The number of aryl methyl sites for hydroxylation is 3. The molecule has 7 nitrogen and oxygen atoms in total. The molecule has 0 amide bonds. The number of ether oxygens (including phenoxy) is 1. The first-order valence-electron chi connectivity index (χ1n) is 8.43. The first-order chi connectivity index (χ1) is 12.5. The molecule has 0 saturated heterocycles. The molecule has 0 fully saturated rings. The van der Waals surface area contributed by atoms with Crippen LogP contribution in [-0.2, 0) is 36.0 Å². The van der Waals surface area contributed by atoms with Gasteiger partial charge in [0.15, 0.2) is 6.10 Å². The topological polar surface area (TPSA) is 94.6 Å². The number of aromatic nitrogens is 2. The smallest absolute Gasteiger partial charge is 0.340 e. The van der Waals surface area contributed by atoms with E-state index in [-0.39, 0.29) is 6.61 Å². The van der Waals surface area contributed by atoms with E-state index in [9.17, 15) is 14.7 Å². The first-order valence-corrected chi connectivity index (χ1v) is 8.43. The molecule has 1 atom stereocenters. The van der Waals surface area contributed by atoms with Crippen molar-refractivity contribution < 1.29 is 19.1 Å². The van der Waals surface area contributed by atoms with Crippen molar-refractivity contribution in [2.45, 2.75) is 32.0 Å². The summed E-state index contributed by atoms with van der Waals surface area (Å²) in [6.45, 7) is -0.114. The highest BCUT2D eigenvalue weighted by molar-refractivity contribution is 5.83. The number of rotatable bonds is 4. The third-order valence-corrected chi connectivity index (χ3v) is 4.68. The Balaban J connectivity index is 1.59. The molecule has 2 aromatic heterocycles. The molecule has 1 N–H and O–H groups in total. The van der Waals surface area contributed by atoms with Gasteiger partial charge in [-0.2, -0.15) is 5.10 Å². The van der Waals surface area contributed by atoms with E-state index in [1.165, 1.54) is 28.1 Å². The van der Waals surface area contributed by atoms with Crippen LogP contribution >= 0.6 is 0 Å². The lowest BCUT2D eigenvalue weighted by Crippen LogP contribution is -2.15. The summed E-state index contributed by atoms with van der Waals surface area (Å²) in [5.41, 5.74) is 3.35. The van der Waals surface area contributed by atoms with Gasteiger partial charge in [-0.3, -0.25) is 4.68 Å². The van der Waals surface area contributed by atoms with Crippen molar-refractivity contribution in [1.29, 1.82) is 0 Å². The zero-order valence-corrected chi connectivity index (χ0v) is 14.3. The fraction of sp³-hybridized carbons (Fsp3) is 0.316. The SMILES string of the molecule is Cn1cc(C(O)C(=O)OCc2cc(=O)oc3cc4c(cc23)CCC4)cn1. The van der Waals surface area contributed by atoms with Crippen LogP contribution in [0.4, 0.5) is 0 Å². The molecule has 3 aromatic rings. The van der Waals surface area contributed by atoms with Crippen molar-refractivity contribution in [2.24, 2.45) is 7.05 Å². The normalized spacial score (nSPS) is 14.4. The first kappa shape index (κ1) is 16.5. The van der Waals surface area contributed by atoms with Crippen LogP contribution in [-0.4, -0.2) is 20.9 Å². The molecule has 1 aliphatic carbocycles. The number of benzene rings is 1. The summed E-state index contributed by atoms with van der Waals surface area (Å²) in [5.74, 6) is -0.791. The number of nitrogens with zero attached hydrogens (tertiary/aromatic N) is 2. The van der Waals surface area contributed by atoms with Gasteiger partial charge in [-0.25, -0.2) is 9.59 Å². The average Bonchev–Trinajstić information content (AvgIpc) is 3.25. The molecule has 0 saturated carbocycles. The van der Waals surface area contributed by atoms with E-state index in [1.54, 1.807) is 13.2 Å². The molecule has 0 bridgehead atoms. The van der Waals surface area contributed by atoms with E-state index >= 15 is 0 Å². The maximum Gasteiger partial charge on any atom is 0.340 e. The van der Waals surface area contributed by atoms with E-state index in [0.29, 0.717) is 16.7 Å². The number of hydrogen-bond acceptors (Lipinski definition) is 6. The van der Waals surface area contributed by atoms with Crippen molar-refractivity contribution in [3.05, 3.63) is 63.3 Å². The van der Waals surface area contributed by atoms with Gasteiger partial charge in [0.1, 0.15) is 12.2 Å². The van der Waals surface area contributed by atoms with Gasteiger partial charge < -0.3 is 14.3 Å². The molecule has 1 aliphatic rings. The van der Waals surface area contributed by atoms with Gasteiger partial charge in [0, 0.05) is 35.8 Å². The second-order valence-electron chi connectivity index (χ2n) is 6.52. The molecule has 134 valence electrons. The van der Waals surface area contributed by atoms with Gasteiger partial charge in [-0.1, -0.05) is 0 Å². The molecule has 0 spiro atoms. The van der Waals surface area contributed by atoms with Crippen LogP contribution < -0.4 is 5.63 Å². The highest BCUT2D eigenvalue weighted by atomic mass is 16.5. The lowest BCUT2D eigenvalue weighted by Gasteiger charge is -2.11. The Hall–Kier alpha value is -2.93. The molecule has 2 heterocycles. The predicted octanol–water partition coefficient (Wildman–Crippen LogP) is 1.79. The van der Waals surface area contributed by atoms with Crippen molar-refractivity contribution in [1.82, 2.24) is 9.78 Å². The predicted molar refractivity (Wildman–Crippen MR) is 92.5 cm³/mol. The molecule has 26 heavy (non-hydrogen) atoms. The molecule has 4 rings (SSSR count). The summed E-state index contributed by atoms with van der Waals surface area (Å²) in [5, 5.41) is 14.7. The summed E-state index contributed by atoms with van der Waals surface area (Å²) in [7, 11) is 1.69. The monoisotopic (exact) mass is 354 g/mol. The van der Waals surface area contributed by atoms with Crippen LogP contribution in [0.5, 0.6) is 0 Å². The van der Waals surface area contributed by atoms with Gasteiger partial charge in [0.05, 0.1) is 6.20 Å². The number of carbonyl (C=O) groups excluding carboxylic acids is 1. The van der Waals surface area contributed by atoms with E-state index in [0.717, 1.165) is 24.6 Å². The van der Waals surface area contributed by atoms with Crippen LogP contribution in [0.2, 0.25) is 0 Å². The largest absolute Gasteiger partial charge is 0.459 e. The number of aliphatic hydroxyl groups is 1. The fourth-order valence-corrected chi connectivity index (χ4v) is 3.36. The van der Waals surface area contributed by atoms with Gasteiger partial charge in [-0.15, -0.1) is 0 Å². The van der Waals surface area contributed by atoms with Gasteiger partial charge in [0.25, 0.3) is 0 Å². The van der Waals surface area contributed by atoms with E-state index in [2.05, 4.69) is 5.10 Å². The molecular formula is C19H18N2O5. The third-order valence-electron chi connectivity index (χ3n) is 4.68. The van der Waals surface area contributed by atoms with Crippen LogP contribution in [0.3, 0.4) is 0 Å². The second-order valence-corrected chi connectivity index (χ2v) is 6.52. The Morgan fingerprint density at radius 2 is 2.12 bits per heavy atom. The summed E-state index contributed by atoms with van der Waals surface area (Å²) < 4.78 is 12.0. The highest BCUT2D eigenvalue weighted by Gasteiger charge is 2.21. The maximum absolute atomic E-state index is 12.1. The summed E-state index contributed by atoms with van der Waals surface area (Å²) in [6.07, 6.45) is 4.58. The minimum atomic E-state index is -1.42. The quantitative estimate of drug-likeness (QED) is 0.567. The standard InChI is InChI=1S/C19H18N2O5/c1-21-9-14(8-20-21)18(23)19(24)25-10-13-7-17(22)26-16-6-12-4-2-3-11(12)5-15(13)16/h5-9,18,23H,2-4,10H2,1H3. The van der Waals surface area contributed by atoms with Crippen LogP contribution in [0.15, 0.2) is 39.8 Å².